The van der Waals surface area contributed by atoms with Crippen LogP contribution in [-0.4, -0.2) is 91.5 Å². The summed E-state index contributed by atoms with van der Waals surface area (Å²) in [6, 6.07) is 10.1. The number of carbonyl (C=O) groups is 1. The van der Waals surface area contributed by atoms with E-state index in [1.807, 2.05) is 29.1 Å². The predicted molar refractivity (Wildman–Crippen MR) is 121 cm³/mol. The fourth-order valence-corrected chi connectivity index (χ4v) is 3.25. The van der Waals surface area contributed by atoms with Gasteiger partial charge in [-0.2, -0.15) is 5.10 Å². The number of carbonyl (C=O) groups excluding carboxylic acids is 1. The van der Waals surface area contributed by atoms with Gasteiger partial charge in [0, 0.05) is 52.7 Å². The van der Waals surface area contributed by atoms with Gasteiger partial charge >= 0.3 is 0 Å². The summed E-state index contributed by atoms with van der Waals surface area (Å²) in [5, 5.41) is 10.8. The lowest BCUT2D eigenvalue weighted by molar-refractivity contribution is -0.127. The maximum absolute atomic E-state index is 12.0. The van der Waals surface area contributed by atoms with Crippen LogP contribution in [0.1, 0.15) is 11.1 Å². The lowest BCUT2D eigenvalue weighted by atomic mass is 10.1. The largest absolute Gasteiger partial charge is 0.379 e. The number of aliphatic imine (C=N–C) groups is 1. The Morgan fingerprint density at radius 3 is 2.65 bits per heavy atom. The molecule has 0 spiro atoms. The van der Waals surface area contributed by atoms with Gasteiger partial charge in [0.25, 0.3) is 0 Å². The highest BCUT2D eigenvalue weighted by Crippen LogP contribution is 2.11. The van der Waals surface area contributed by atoms with E-state index in [1.165, 1.54) is 5.56 Å². The van der Waals surface area contributed by atoms with Gasteiger partial charge in [-0.25, -0.2) is 4.99 Å². The highest BCUT2D eigenvalue weighted by molar-refractivity contribution is 5.86. The number of hydrogen-bond donors (Lipinski definition) is 2. The summed E-state index contributed by atoms with van der Waals surface area (Å²) < 4.78 is 7.30. The van der Waals surface area contributed by atoms with Gasteiger partial charge in [0.2, 0.25) is 5.91 Å². The van der Waals surface area contributed by atoms with Gasteiger partial charge in [-0.15, -0.1) is 0 Å². The molecule has 0 saturated carbocycles. The number of nitrogens with one attached hydrogen (secondary N) is 2. The zero-order valence-electron chi connectivity index (χ0n) is 18.5. The molecule has 0 radical (unpaired) electrons. The van der Waals surface area contributed by atoms with E-state index in [4.69, 9.17) is 9.73 Å². The minimum atomic E-state index is 0.00163. The zero-order valence-corrected chi connectivity index (χ0v) is 18.5. The molecule has 1 fully saturated rings. The van der Waals surface area contributed by atoms with Crippen LogP contribution in [0.3, 0.4) is 0 Å². The lowest BCUT2D eigenvalue weighted by Gasteiger charge is -2.26. The molecular formula is C22H33N7O2. The van der Waals surface area contributed by atoms with Crippen LogP contribution in [0.15, 0.2) is 47.7 Å². The van der Waals surface area contributed by atoms with Gasteiger partial charge < -0.3 is 20.3 Å². The van der Waals surface area contributed by atoms with Crippen LogP contribution in [0.25, 0.3) is 0 Å². The highest BCUT2D eigenvalue weighted by Gasteiger charge is 2.11. The predicted octanol–water partition coefficient (Wildman–Crippen LogP) is 0.387. The van der Waals surface area contributed by atoms with Crippen molar-refractivity contribution in [3.63, 3.8) is 0 Å². The summed E-state index contributed by atoms with van der Waals surface area (Å²) in [6.45, 7) is 6.52. The van der Waals surface area contributed by atoms with E-state index in [1.54, 1.807) is 25.2 Å². The van der Waals surface area contributed by atoms with Crippen molar-refractivity contribution in [3.8, 4) is 0 Å². The first-order valence-electron chi connectivity index (χ1n) is 10.7. The molecule has 0 aliphatic carbocycles. The second-order valence-electron chi connectivity index (χ2n) is 7.66. The van der Waals surface area contributed by atoms with Crippen molar-refractivity contribution >= 4 is 11.9 Å². The Kier molecular flexibility index (Phi) is 8.86. The Hall–Kier alpha value is -2.91. The molecule has 2 aromatic rings. The van der Waals surface area contributed by atoms with E-state index in [9.17, 15) is 4.79 Å². The molecule has 1 amide bonds. The molecule has 1 aliphatic heterocycles. The topological polar surface area (TPSA) is 87.0 Å². The number of likely N-dealkylation sites (N-methyl/N-ethyl adjacent to an activating group) is 1. The van der Waals surface area contributed by atoms with Gasteiger partial charge in [0.05, 0.1) is 32.8 Å². The fourth-order valence-electron chi connectivity index (χ4n) is 3.25. The van der Waals surface area contributed by atoms with E-state index in [-0.39, 0.29) is 12.5 Å². The Morgan fingerprint density at radius 1 is 1.16 bits per heavy atom. The average Bonchev–Trinajstić information content (AvgIpc) is 3.29. The summed E-state index contributed by atoms with van der Waals surface area (Å²) in [6.07, 6.45) is 3.73. The SMILES string of the molecule is CN(C)C(=O)CNC(=NCc1ccccc1Cn1cccn1)NCCN1CCOCC1. The molecule has 1 saturated heterocycles. The maximum atomic E-state index is 12.0. The van der Waals surface area contributed by atoms with Crippen LogP contribution in [0, 0.1) is 0 Å². The zero-order chi connectivity index (χ0) is 21.9. The minimum Gasteiger partial charge on any atom is -0.379 e. The number of aromatic nitrogens is 2. The number of benzene rings is 1. The third kappa shape index (κ3) is 7.69. The molecule has 1 aliphatic rings. The quantitative estimate of drug-likeness (QED) is 0.445. The van der Waals surface area contributed by atoms with Crippen molar-refractivity contribution in [1.29, 1.82) is 0 Å². The number of guanidine groups is 1. The van der Waals surface area contributed by atoms with Crippen molar-refractivity contribution in [2.45, 2.75) is 13.1 Å². The van der Waals surface area contributed by atoms with Crippen LogP contribution in [0.5, 0.6) is 0 Å². The molecule has 0 bridgehead atoms. The molecule has 0 unspecified atom stereocenters. The standard InChI is InChI=1S/C22H33N7O2/c1-27(2)21(30)17-25-22(23-9-11-28-12-14-31-15-13-28)24-16-19-6-3-4-7-20(19)18-29-10-5-8-26-29/h3-8,10H,9,11-18H2,1-2H3,(H2,23,24,25). The molecule has 3 rings (SSSR count). The van der Waals surface area contributed by atoms with E-state index < -0.39 is 0 Å². The molecule has 1 aromatic heterocycles. The smallest absolute Gasteiger partial charge is 0.241 e. The number of morpholine rings is 1. The van der Waals surface area contributed by atoms with Gasteiger partial charge in [-0.3, -0.25) is 14.4 Å². The second kappa shape index (κ2) is 12.1. The van der Waals surface area contributed by atoms with Crippen LogP contribution >= 0.6 is 0 Å². The molecule has 2 heterocycles. The summed E-state index contributed by atoms with van der Waals surface area (Å²) in [4.78, 5) is 20.7. The van der Waals surface area contributed by atoms with E-state index in [2.05, 4.69) is 32.8 Å². The monoisotopic (exact) mass is 427 g/mol. The van der Waals surface area contributed by atoms with Gasteiger partial charge in [-0.1, -0.05) is 24.3 Å². The lowest BCUT2D eigenvalue weighted by Crippen LogP contribution is -2.46. The van der Waals surface area contributed by atoms with Crippen molar-refractivity contribution < 1.29 is 9.53 Å². The van der Waals surface area contributed by atoms with E-state index in [0.717, 1.165) is 45.0 Å². The average molecular weight is 428 g/mol. The van der Waals surface area contributed by atoms with E-state index >= 15 is 0 Å². The van der Waals surface area contributed by atoms with Crippen LogP contribution in [-0.2, 0) is 22.6 Å². The fraction of sp³-hybridized carbons (Fsp3) is 0.500. The number of nitrogens with zero attached hydrogens (tertiary/aromatic N) is 5. The maximum Gasteiger partial charge on any atom is 0.241 e. The summed E-state index contributed by atoms with van der Waals surface area (Å²) >= 11 is 0. The molecule has 168 valence electrons. The van der Waals surface area contributed by atoms with Gasteiger partial charge in [-0.05, 0) is 17.2 Å². The molecule has 0 atom stereocenters. The van der Waals surface area contributed by atoms with Crippen LogP contribution < -0.4 is 10.6 Å². The van der Waals surface area contributed by atoms with Gasteiger partial charge in [0.15, 0.2) is 5.96 Å². The van der Waals surface area contributed by atoms with Crippen LogP contribution in [0.2, 0.25) is 0 Å². The Labute approximate surface area is 184 Å². The molecule has 1 aromatic carbocycles. The molecular weight excluding hydrogens is 394 g/mol. The molecule has 9 heteroatoms. The van der Waals surface area contributed by atoms with Gasteiger partial charge in [0.1, 0.15) is 0 Å². The van der Waals surface area contributed by atoms with Crippen molar-refractivity contribution in [2.75, 3.05) is 60.0 Å². The second-order valence-corrected chi connectivity index (χ2v) is 7.66. The number of ether oxygens (including phenoxy) is 1. The third-order valence-corrected chi connectivity index (χ3v) is 5.15. The molecule has 31 heavy (non-hydrogen) atoms. The highest BCUT2D eigenvalue weighted by atomic mass is 16.5. The minimum absolute atomic E-state index is 0.00163. The normalized spacial score (nSPS) is 15.0. The van der Waals surface area contributed by atoms with Crippen molar-refractivity contribution in [2.24, 2.45) is 4.99 Å². The Balaban J connectivity index is 1.62. The first kappa shape index (κ1) is 22.8. The summed E-state index contributed by atoms with van der Waals surface area (Å²) in [7, 11) is 3.50. The van der Waals surface area contributed by atoms with E-state index in [0.29, 0.717) is 19.0 Å². The summed E-state index contributed by atoms with van der Waals surface area (Å²) in [5.74, 6) is 0.638. The number of rotatable bonds is 9. The van der Waals surface area contributed by atoms with Crippen molar-refractivity contribution in [1.82, 2.24) is 30.2 Å². The molecule has 2 N–H and O–H groups in total. The first-order valence-corrected chi connectivity index (χ1v) is 10.7. The Bertz CT molecular complexity index is 830. The van der Waals surface area contributed by atoms with Crippen LogP contribution in [0.4, 0.5) is 0 Å². The third-order valence-electron chi connectivity index (χ3n) is 5.15. The Morgan fingerprint density at radius 2 is 1.94 bits per heavy atom. The summed E-state index contributed by atoms with van der Waals surface area (Å²) in [5.41, 5.74) is 2.30. The first-order chi connectivity index (χ1) is 15.1. The number of hydrogen-bond acceptors (Lipinski definition) is 5. The number of amides is 1. The van der Waals surface area contributed by atoms with Crippen molar-refractivity contribution in [3.05, 3.63) is 53.9 Å². The molecule has 9 nitrogen and oxygen atoms in total.